The van der Waals surface area contributed by atoms with E-state index in [0.29, 0.717) is 5.82 Å². The standard InChI is InChI=1S/C55H40N2/c1-53-35-19-18-32-51(53)55(44-29-15-14-28-43(44)53)46-31-17-16-30-45(46)54(41-24-10-4-11-25-41,42-26-12-5-13-27-42)47-34-33-40(36-48(47)55)52-56-49(38-20-6-2-7-21-38)37-50(57-52)39-22-8-3-9-23-39/h2-37,51H,1H3. The van der Waals surface area contributed by atoms with E-state index in [1.165, 1.54) is 44.5 Å². The van der Waals surface area contributed by atoms with Crippen LogP contribution in [0.5, 0.6) is 0 Å². The van der Waals surface area contributed by atoms with Gasteiger partial charge in [0.2, 0.25) is 0 Å². The molecule has 2 heteroatoms. The van der Waals surface area contributed by atoms with Crippen molar-refractivity contribution < 1.29 is 0 Å². The third-order valence-corrected chi connectivity index (χ3v) is 13.0. The molecule has 0 fully saturated rings. The van der Waals surface area contributed by atoms with E-state index >= 15 is 0 Å². The second-order valence-corrected chi connectivity index (χ2v) is 15.8. The highest BCUT2D eigenvalue weighted by Crippen LogP contribution is 2.68. The maximum atomic E-state index is 5.36. The number of rotatable bonds is 5. The summed E-state index contributed by atoms with van der Waals surface area (Å²) in [6.45, 7) is 2.44. The Balaban J connectivity index is 1.29. The van der Waals surface area contributed by atoms with Crippen molar-refractivity contribution in [1.82, 2.24) is 9.97 Å². The van der Waals surface area contributed by atoms with Crippen LogP contribution in [0.2, 0.25) is 0 Å². The zero-order chi connectivity index (χ0) is 38.0. The highest BCUT2D eigenvalue weighted by Gasteiger charge is 2.63. The van der Waals surface area contributed by atoms with Gasteiger partial charge < -0.3 is 0 Å². The van der Waals surface area contributed by atoms with Gasteiger partial charge in [0.1, 0.15) is 0 Å². The number of hydrogen-bond acceptors (Lipinski definition) is 2. The van der Waals surface area contributed by atoms with Gasteiger partial charge in [0, 0.05) is 28.0 Å². The highest BCUT2D eigenvalue weighted by atomic mass is 14.9. The normalized spacial score (nSPS) is 20.7. The summed E-state index contributed by atoms with van der Waals surface area (Å²) in [6, 6.07) is 70.9. The molecule has 0 amide bonds. The van der Waals surface area contributed by atoms with E-state index in [-0.39, 0.29) is 11.3 Å². The van der Waals surface area contributed by atoms with Crippen molar-refractivity contribution in [1.29, 1.82) is 0 Å². The van der Waals surface area contributed by atoms with Crippen LogP contribution in [0.4, 0.5) is 0 Å². The quantitative estimate of drug-likeness (QED) is 0.176. The van der Waals surface area contributed by atoms with E-state index in [1.807, 2.05) is 0 Å². The van der Waals surface area contributed by atoms with Crippen LogP contribution in [0.25, 0.3) is 33.9 Å². The predicted octanol–water partition coefficient (Wildman–Crippen LogP) is 12.5. The molecule has 3 aliphatic rings. The molecule has 57 heavy (non-hydrogen) atoms. The lowest BCUT2D eigenvalue weighted by Crippen LogP contribution is -2.48. The Bertz CT molecular complexity index is 2760. The first-order valence-electron chi connectivity index (χ1n) is 20.0. The lowest BCUT2D eigenvalue weighted by atomic mass is 9.49. The molecule has 270 valence electrons. The Morgan fingerprint density at radius 3 is 1.46 bits per heavy atom. The molecule has 0 aliphatic heterocycles. The average Bonchev–Trinajstić information content (AvgIpc) is 3.53. The zero-order valence-electron chi connectivity index (χ0n) is 31.8. The molecule has 3 unspecified atom stereocenters. The number of hydrogen-bond donors (Lipinski definition) is 0. The Morgan fingerprint density at radius 2 is 0.877 bits per heavy atom. The number of fused-ring (bicyclic) bond motifs is 9. The van der Waals surface area contributed by atoms with Crippen molar-refractivity contribution in [2.75, 3.05) is 0 Å². The fraction of sp³-hybridized carbons (Fsp3) is 0.0909. The van der Waals surface area contributed by atoms with Crippen molar-refractivity contribution in [3.63, 3.8) is 0 Å². The van der Waals surface area contributed by atoms with Gasteiger partial charge in [-0.15, -0.1) is 0 Å². The molecular formula is C55H40N2. The minimum Gasteiger partial charge on any atom is -0.228 e. The summed E-state index contributed by atoms with van der Waals surface area (Å²) in [5.41, 5.74) is 14.1. The van der Waals surface area contributed by atoms with Crippen LogP contribution in [-0.2, 0) is 16.2 Å². The molecule has 1 aromatic heterocycles. The summed E-state index contributed by atoms with van der Waals surface area (Å²) < 4.78 is 0. The first-order chi connectivity index (χ1) is 28.1. The molecule has 3 aliphatic carbocycles. The van der Waals surface area contributed by atoms with Crippen molar-refractivity contribution in [2.45, 2.75) is 23.2 Å². The molecular weight excluding hydrogens is 689 g/mol. The van der Waals surface area contributed by atoms with Gasteiger partial charge in [-0.2, -0.15) is 0 Å². The van der Waals surface area contributed by atoms with E-state index in [2.05, 4.69) is 225 Å². The molecule has 0 saturated carbocycles. The minimum atomic E-state index is -0.595. The molecule has 1 spiro atoms. The highest BCUT2D eigenvalue weighted by molar-refractivity contribution is 5.80. The van der Waals surface area contributed by atoms with Gasteiger partial charge >= 0.3 is 0 Å². The van der Waals surface area contributed by atoms with Crippen molar-refractivity contribution in [3.05, 3.63) is 263 Å². The molecule has 2 nitrogen and oxygen atoms in total. The molecule has 3 atom stereocenters. The zero-order valence-corrected chi connectivity index (χ0v) is 31.8. The Labute approximate surface area is 334 Å². The van der Waals surface area contributed by atoms with E-state index in [1.54, 1.807) is 0 Å². The molecule has 0 N–H and O–H groups in total. The molecule has 11 rings (SSSR count). The molecule has 7 aromatic carbocycles. The summed E-state index contributed by atoms with van der Waals surface area (Å²) in [4.78, 5) is 10.7. The van der Waals surface area contributed by atoms with Gasteiger partial charge in [-0.3, -0.25) is 0 Å². The predicted molar refractivity (Wildman–Crippen MR) is 232 cm³/mol. The number of nitrogens with zero attached hydrogens (tertiary/aromatic N) is 2. The van der Waals surface area contributed by atoms with E-state index in [9.17, 15) is 0 Å². The van der Waals surface area contributed by atoms with Gasteiger partial charge in [-0.1, -0.05) is 213 Å². The van der Waals surface area contributed by atoms with Gasteiger partial charge in [-0.25, -0.2) is 9.97 Å². The summed E-state index contributed by atoms with van der Waals surface area (Å²) in [5.74, 6) is 0.828. The van der Waals surface area contributed by atoms with Crippen LogP contribution in [0, 0.1) is 5.92 Å². The van der Waals surface area contributed by atoms with Crippen molar-refractivity contribution in [2.24, 2.45) is 5.92 Å². The van der Waals surface area contributed by atoms with Crippen LogP contribution in [0.15, 0.2) is 218 Å². The van der Waals surface area contributed by atoms with Gasteiger partial charge in [0.05, 0.1) is 22.2 Å². The fourth-order valence-electron chi connectivity index (χ4n) is 10.7. The van der Waals surface area contributed by atoms with Gasteiger partial charge in [-0.05, 0) is 56.6 Å². The van der Waals surface area contributed by atoms with Crippen LogP contribution in [0.1, 0.15) is 51.4 Å². The first kappa shape index (κ1) is 33.4. The first-order valence-corrected chi connectivity index (χ1v) is 20.0. The maximum Gasteiger partial charge on any atom is 0.160 e. The Morgan fingerprint density at radius 1 is 0.404 bits per heavy atom. The van der Waals surface area contributed by atoms with Crippen LogP contribution in [0.3, 0.4) is 0 Å². The van der Waals surface area contributed by atoms with Crippen molar-refractivity contribution >= 4 is 0 Å². The molecule has 0 radical (unpaired) electrons. The van der Waals surface area contributed by atoms with E-state index in [0.717, 1.165) is 28.1 Å². The Hall–Kier alpha value is -6.90. The topological polar surface area (TPSA) is 25.8 Å². The third kappa shape index (κ3) is 4.71. The van der Waals surface area contributed by atoms with E-state index in [4.69, 9.17) is 9.97 Å². The molecule has 0 saturated heterocycles. The summed E-state index contributed by atoms with van der Waals surface area (Å²) >= 11 is 0. The second kappa shape index (κ2) is 12.8. The molecule has 1 heterocycles. The summed E-state index contributed by atoms with van der Waals surface area (Å²) in [5, 5.41) is 0. The lowest BCUT2D eigenvalue weighted by molar-refractivity contribution is 0.354. The number of benzene rings is 7. The minimum absolute atomic E-state index is 0.114. The fourth-order valence-corrected chi connectivity index (χ4v) is 10.7. The van der Waals surface area contributed by atoms with Crippen molar-refractivity contribution in [3.8, 4) is 33.9 Å². The van der Waals surface area contributed by atoms with Crippen LogP contribution >= 0.6 is 0 Å². The monoisotopic (exact) mass is 728 g/mol. The molecule has 0 bridgehead atoms. The van der Waals surface area contributed by atoms with Gasteiger partial charge in [0.15, 0.2) is 5.82 Å². The molecule has 8 aromatic rings. The lowest BCUT2D eigenvalue weighted by Gasteiger charge is -2.52. The van der Waals surface area contributed by atoms with E-state index < -0.39 is 10.8 Å². The maximum absolute atomic E-state index is 5.36. The Kier molecular flexibility index (Phi) is 7.53. The third-order valence-electron chi connectivity index (χ3n) is 13.0. The van der Waals surface area contributed by atoms with Crippen LogP contribution < -0.4 is 0 Å². The second-order valence-electron chi connectivity index (χ2n) is 15.8. The smallest absolute Gasteiger partial charge is 0.160 e. The summed E-state index contributed by atoms with van der Waals surface area (Å²) in [6.07, 6.45) is 9.42. The largest absolute Gasteiger partial charge is 0.228 e. The number of aromatic nitrogens is 2. The van der Waals surface area contributed by atoms with Gasteiger partial charge in [0.25, 0.3) is 0 Å². The summed E-state index contributed by atoms with van der Waals surface area (Å²) in [7, 11) is 0. The number of allylic oxidation sites excluding steroid dienone is 4. The average molecular weight is 729 g/mol. The van der Waals surface area contributed by atoms with Crippen LogP contribution in [-0.4, -0.2) is 9.97 Å². The SMILES string of the molecule is CC12C=CC=CC1C1(c3ccccc3C(c3ccccc3)(c3ccccc3)c3ccc(-c4nc(-c5ccccc5)cc(-c5ccccc5)n4)cc31)c1ccccc12.